The van der Waals surface area contributed by atoms with Crippen molar-refractivity contribution in [2.75, 3.05) is 26.2 Å². The summed E-state index contributed by atoms with van der Waals surface area (Å²) in [6.45, 7) is 8.26. The quantitative estimate of drug-likeness (QED) is 0.685. The van der Waals surface area contributed by atoms with Crippen LogP contribution in [0.1, 0.15) is 33.6 Å². The van der Waals surface area contributed by atoms with E-state index >= 15 is 0 Å². The van der Waals surface area contributed by atoms with Crippen LogP contribution < -0.4 is 0 Å². The number of rotatable bonds is 4. The van der Waals surface area contributed by atoms with Crippen LogP contribution in [-0.2, 0) is 13.6 Å². The second-order valence-electron chi connectivity index (χ2n) is 7.84. The number of carbonyl (C=O) groups excluding carboxylic acids is 1. The Kier molecular flexibility index (Phi) is 5.49. The first kappa shape index (κ1) is 19.4. The van der Waals surface area contributed by atoms with Crippen LogP contribution >= 0.6 is 0 Å². The minimum absolute atomic E-state index is 0.0737. The van der Waals surface area contributed by atoms with Crippen LogP contribution in [0.4, 0.5) is 0 Å². The maximum Gasteiger partial charge on any atom is 0.257 e. The van der Waals surface area contributed by atoms with Gasteiger partial charge in [0.2, 0.25) is 0 Å². The van der Waals surface area contributed by atoms with E-state index in [0.29, 0.717) is 5.56 Å². The van der Waals surface area contributed by atoms with Gasteiger partial charge in [0.05, 0.1) is 29.3 Å². The standard InChI is InChI=1S/C22H28N6O/c1-17-6-4-7-20(12-17)28-18(2)21(14-24-28)22(29)27-9-5-8-26(10-11-27)16-19-13-23-25(3)15-19/h4,6-7,12-15H,5,8-11,16H2,1-3H3. The van der Waals surface area contributed by atoms with Crippen molar-refractivity contribution >= 4 is 5.91 Å². The highest BCUT2D eigenvalue weighted by Gasteiger charge is 2.24. The Bertz CT molecular complexity index is 1000. The van der Waals surface area contributed by atoms with Gasteiger partial charge >= 0.3 is 0 Å². The lowest BCUT2D eigenvalue weighted by Gasteiger charge is -2.21. The highest BCUT2D eigenvalue weighted by atomic mass is 16.2. The molecule has 1 amide bonds. The Labute approximate surface area is 171 Å². The molecule has 0 N–H and O–H groups in total. The molecule has 1 aliphatic heterocycles. The van der Waals surface area contributed by atoms with Gasteiger partial charge in [-0.1, -0.05) is 12.1 Å². The van der Waals surface area contributed by atoms with Crippen LogP contribution in [0.5, 0.6) is 0 Å². The van der Waals surface area contributed by atoms with Crippen molar-refractivity contribution in [2.24, 2.45) is 7.05 Å². The second kappa shape index (κ2) is 8.21. The molecule has 1 saturated heterocycles. The van der Waals surface area contributed by atoms with Crippen LogP contribution in [0.3, 0.4) is 0 Å². The molecule has 3 heterocycles. The number of aryl methyl sites for hydroxylation is 2. The molecule has 1 aromatic carbocycles. The molecule has 0 bridgehead atoms. The fourth-order valence-corrected chi connectivity index (χ4v) is 3.95. The Morgan fingerprint density at radius 3 is 2.69 bits per heavy atom. The third kappa shape index (κ3) is 4.24. The molecule has 0 atom stereocenters. The average molecular weight is 393 g/mol. The maximum atomic E-state index is 13.2. The van der Waals surface area contributed by atoms with E-state index in [1.54, 1.807) is 6.20 Å². The monoisotopic (exact) mass is 392 g/mol. The summed E-state index contributed by atoms with van der Waals surface area (Å²) >= 11 is 0. The third-order valence-electron chi connectivity index (χ3n) is 5.53. The molecule has 4 rings (SSSR count). The Balaban J connectivity index is 1.44. The first-order chi connectivity index (χ1) is 14.0. The van der Waals surface area contributed by atoms with Crippen molar-refractivity contribution in [1.82, 2.24) is 29.4 Å². The van der Waals surface area contributed by atoms with Crippen LogP contribution in [0.15, 0.2) is 42.9 Å². The van der Waals surface area contributed by atoms with E-state index in [9.17, 15) is 4.79 Å². The minimum Gasteiger partial charge on any atom is -0.337 e. The number of hydrogen-bond acceptors (Lipinski definition) is 4. The molecule has 0 unspecified atom stereocenters. The molecule has 29 heavy (non-hydrogen) atoms. The van der Waals surface area contributed by atoms with Gasteiger partial charge in [-0.2, -0.15) is 10.2 Å². The van der Waals surface area contributed by atoms with Crippen LogP contribution in [-0.4, -0.2) is 61.4 Å². The van der Waals surface area contributed by atoms with Crippen molar-refractivity contribution in [3.05, 3.63) is 65.2 Å². The Morgan fingerprint density at radius 1 is 1.07 bits per heavy atom. The van der Waals surface area contributed by atoms with E-state index in [2.05, 4.69) is 40.4 Å². The fourth-order valence-electron chi connectivity index (χ4n) is 3.95. The largest absolute Gasteiger partial charge is 0.337 e. The first-order valence-electron chi connectivity index (χ1n) is 10.1. The zero-order valence-corrected chi connectivity index (χ0v) is 17.4. The van der Waals surface area contributed by atoms with Gasteiger partial charge in [0, 0.05) is 51.5 Å². The number of aromatic nitrogens is 4. The van der Waals surface area contributed by atoms with Crippen molar-refractivity contribution < 1.29 is 4.79 Å². The fraction of sp³-hybridized carbons (Fsp3) is 0.409. The topological polar surface area (TPSA) is 59.2 Å². The van der Waals surface area contributed by atoms with Gasteiger partial charge in [-0.3, -0.25) is 14.4 Å². The zero-order chi connectivity index (χ0) is 20.4. The molecule has 7 nitrogen and oxygen atoms in total. The van der Waals surface area contributed by atoms with Gasteiger partial charge in [0.25, 0.3) is 5.91 Å². The SMILES string of the molecule is Cc1cccc(-n2ncc(C(=O)N3CCCN(Cc4cnn(C)c4)CC3)c2C)c1. The van der Waals surface area contributed by atoms with Gasteiger partial charge < -0.3 is 4.90 Å². The molecule has 1 aliphatic rings. The van der Waals surface area contributed by atoms with Crippen molar-refractivity contribution in [3.63, 3.8) is 0 Å². The number of carbonyl (C=O) groups is 1. The molecular formula is C22H28N6O. The van der Waals surface area contributed by atoms with E-state index < -0.39 is 0 Å². The number of amides is 1. The summed E-state index contributed by atoms with van der Waals surface area (Å²) in [5.41, 5.74) is 4.94. The zero-order valence-electron chi connectivity index (χ0n) is 17.4. The summed E-state index contributed by atoms with van der Waals surface area (Å²) < 4.78 is 3.68. The molecule has 1 fully saturated rings. The van der Waals surface area contributed by atoms with Crippen molar-refractivity contribution in [1.29, 1.82) is 0 Å². The summed E-state index contributed by atoms with van der Waals surface area (Å²) in [6, 6.07) is 8.17. The average Bonchev–Trinajstić information content (AvgIpc) is 3.20. The van der Waals surface area contributed by atoms with Crippen LogP contribution in [0.25, 0.3) is 5.69 Å². The Hall–Kier alpha value is -2.93. The van der Waals surface area contributed by atoms with Gasteiger partial charge in [0.1, 0.15) is 0 Å². The van der Waals surface area contributed by atoms with Crippen LogP contribution in [0.2, 0.25) is 0 Å². The van der Waals surface area contributed by atoms with Crippen LogP contribution in [0, 0.1) is 13.8 Å². The summed E-state index contributed by atoms with van der Waals surface area (Å²) in [4.78, 5) is 17.6. The molecule has 0 saturated carbocycles. The molecule has 3 aromatic rings. The highest BCUT2D eigenvalue weighted by molar-refractivity contribution is 5.95. The first-order valence-corrected chi connectivity index (χ1v) is 10.1. The normalized spacial score (nSPS) is 15.5. The van der Waals surface area contributed by atoms with Gasteiger partial charge in [-0.25, -0.2) is 4.68 Å². The molecule has 0 spiro atoms. The van der Waals surface area contributed by atoms with E-state index in [0.717, 1.165) is 50.5 Å². The van der Waals surface area contributed by atoms with Gasteiger partial charge in [-0.05, 0) is 38.0 Å². The van der Waals surface area contributed by atoms with E-state index in [1.165, 1.54) is 11.1 Å². The van der Waals surface area contributed by atoms with Gasteiger partial charge in [-0.15, -0.1) is 0 Å². The lowest BCUT2D eigenvalue weighted by atomic mass is 10.2. The lowest BCUT2D eigenvalue weighted by Crippen LogP contribution is -2.35. The smallest absolute Gasteiger partial charge is 0.257 e. The maximum absolute atomic E-state index is 13.2. The van der Waals surface area contributed by atoms with Gasteiger partial charge in [0.15, 0.2) is 0 Å². The van der Waals surface area contributed by atoms with Crippen molar-refractivity contribution in [3.8, 4) is 5.69 Å². The highest BCUT2D eigenvalue weighted by Crippen LogP contribution is 2.18. The predicted molar refractivity (Wildman–Crippen MR) is 112 cm³/mol. The molecule has 0 radical (unpaired) electrons. The molecule has 0 aliphatic carbocycles. The molecule has 152 valence electrons. The van der Waals surface area contributed by atoms with E-state index in [-0.39, 0.29) is 5.91 Å². The predicted octanol–water partition coefficient (Wildman–Crippen LogP) is 2.57. The number of hydrogen-bond donors (Lipinski definition) is 0. The van der Waals surface area contributed by atoms with E-state index in [4.69, 9.17) is 0 Å². The second-order valence-corrected chi connectivity index (χ2v) is 7.84. The lowest BCUT2D eigenvalue weighted by molar-refractivity contribution is 0.0760. The Morgan fingerprint density at radius 2 is 1.93 bits per heavy atom. The summed E-state index contributed by atoms with van der Waals surface area (Å²) in [5.74, 6) is 0.0737. The summed E-state index contributed by atoms with van der Waals surface area (Å²) in [6.07, 6.45) is 6.64. The number of nitrogens with zero attached hydrogens (tertiary/aromatic N) is 6. The van der Waals surface area contributed by atoms with E-state index in [1.807, 2.05) is 46.6 Å². The summed E-state index contributed by atoms with van der Waals surface area (Å²) in [7, 11) is 1.94. The molecule has 2 aromatic heterocycles. The third-order valence-corrected chi connectivity index (χ3v) is 5.53. The van der Waals surface area contributed by atoms with Crippen molar-refractivity contribution in [2.45, 2.75) is 26.8 Å². The summed E-state index contributed by atoms with van der Waals surface area (Å²) in [5, 5.41) is 8.74. The molecule has 7 heteroatoms. The minimum atomic E-state index is 0.0737. The molecular weight excluding hydrogens is 364 g/mol. The number of benzene rings is 1.